The molecule has 0 fully saturated rings. The van der Waals surface area contributed by atoms with Crippen LogP contribution in [0.3, 0.4) is 0 Å². The first-order valence-corrected chi connectivity index (χ1v) is 9.15. The first-order valence-electron chi connectivity index (χ1n) is 7.63. The van der Waals surface area contributed by atoms with E-state index in [1.807, 2.05) is 0 Å². The Morgan fingerprint density at radius 2 is 1.04 bits per heavy atom. The van der Waals surface area contributed by atoms with E-state index in [4.69, 9.17) is 46.4 Å². The van der Waals surface area contributed by atoms with Crippen molar-refractivity contribution in [2.45, 2.75) is 12.1 Å². The van der Waals surface area contributed by atoms with E-state index in [0.29, 0.717) is 42.4 Å². The third-order valence-electron chi connectivity index (χ3n) is 4.49. The van der Waals surface area contributed by atoms with Crippen molar-refractivity contribution in [3.05, 3.63) is 78.8 Å². The molecular formula is C18H10Cl4N2O2. The van der Waals surface area contributed by atoms with Crippen LogP contribution in [0.2, 0.25) is 20.1 Å². The third kappa shape index (κ3) is 2.60. The normalized spacial score (nSPS) is 21.7. The van der Waals surface area contributed by atoms with Crippen LogP contribution >= 0.6 is 46.4 Å². The summed E-state index contributed by atoms with van der Waals surface area (Å²) >= 11 is 24.7. The lowest BCUT2D eigenvalue weighted by Crippen LogP contribution is -2.33. The van der Waals surface area contributed by atoms with Crippen molar-refractivity contribution in [1.82, 2.24) is 10.6 Å². The summed E-state index contributed by atoms with van der Waals surface area (Å²) in [7, 11) is 0. The first-order chi connectivity index (χ1) is 12.4. The largest absolute Gasteiger partial charge is 0.341 e. The molecular weight excluding hydrogens is 418 g/mol. The molecule has 2 aliphatic heterocycles. The number of carbonyl (C=O) groups excluding carboxylic acids is 2. The van der Waals surface area contributed by atoms with Gasteiger partial charge in [0.05, 0.1) is 43.3 Å². The highest BCUT2D eigenvalue weighted by atomic mass is 35.5. The molecule has 2 N–H and O–H groups in total. The number of rotatable bonds is 2. The Bertz CT molecular complexity index is 923. The van der Waals surface area contributed by atoms with Crippen LogP contribution in [0.4, 0.5) is 0 Å². The maximum atomic E-state index is 12.6. The molecule has 8 heteroatoms. The van der Waals surface area contributed by atoms with Crippen molar-refractivity contribution in [2.75, 3.05) is 0 Å². The molecule has 2 aromatic carbocycles. The molecule has 0 bridgehead atoms. The van der Waals surface area contributed by atoms with E-state index in [-0.39, 0.29) is 11.8 Å². The molecule has 0 radical (unpaired) electrons. The van der Waals surface area contributed by atoms with Crippen LogP contribution in [0.25, 0.3) is 0 Å². The Morgan fingerprint density at radius 3 is 1.42 bits per heavy atom. The highest BCUT2D eigenvalue weighted by Crippen LogP contribution is 2.45. The van der Waals surface area contributed by atoms with Gasteiger partial charge < -0.3 is 10.6 Å². The predicted octanol–water partition coefficient (Wildman–Crippen LogP) is 4.64. The van der Waals surface area contributed by atoms with Crippen LogP contribution < -0.4 is 10.6 Å². The molecule has 2 heterocycles. The highest BCUT2D eigenvalue weighted by molar-refractivity contribution is 6.43. The minimum absolute atomic E-state index is 0.297. The predicted molar refractivity (Wildman–Crippen MR) is 102 cm³/mol. The van der Waals surface area contributed by atoms with Gasteiger partial charge in [0.25, 0.3) is 11.8 Å². The summed E-state index contributed by atoms with van der Waals surface area (Å²) in [5, 5.41) is 6.91. The molecule has 2 atom stereocenters. The second-order valence-electron chi connectivity index (χ2n) is 5.93. The van der Waals surface area contributed by atoms with Gasteiger partial charge in [-0.25, -0.2) is 0 Å². The molecule has 0 aliphatic carbocycles. The van der Waals surface area contributed by atoms with E-state index in [2.05, 4.69) is 10.6 Å². The molecule has 0 spiro atoms. The SMILES string of the molecule is O=C1NC(c2cccc(Cl)c2Cl)C2=C1C(c1cccc(Cl)c1Cl)NC2=O. The van der Waals surface area contributed by atoms with Crippen molar-refractivity contribution in [3.63, 3.8) is 0 Å². The van der Waals surface area contributed by atoms with Gasteiger partial charge in [0.15, 0.2) is 0 Å². The van der Waals surface area contributed by atoms with E-state index in [0.717, 1.165) is 0 Å². The molecule has 0 aromatic heterocycles. The van der Waals surface area contributed by atoms with Crippen molar-refractivity contribution < 1.29 is 9.59 Å². The topological polar surface area (TPSA) is 58.2 Å². The molecule has 0 saturated carbocycles. The zero-order valence-corrected chi connectivity index (χ0v) is 16.0. The molecule has 4 nitrogen and oxygen atoms in total. The molecule has 4 rings (SSSR count). The molecule has 132 valence electrons. The van der Waals surface area contributed by atoms with Gasteiger partial charge in [-0.05, 0) is 23.3 Å². The van der Waals surface area contributed by atoms with Gasteiger partial charge in [0, 0.05) is 0 Å². The fourth-order valence-corrected chi connectivity index (χ4v) is 4.17. The van der Waals surface area contributed by atoms with Gasteiger partial charge in [0.1, 0.15) is 0 Å². The number of benzene rings is 2. The Kier molecular flexibility index (Phi) is 4.40. The van der Waals surface area contributed by atoms with Gasteiger partial charge >= 0.3 is 0 Å². The fourth-order valence-electron chi connectivity index (χ4n) is 3.33. The smallest absolute Gasteiger partial charge is 0.250 e. The molecule has 2 unspecified atom stereocenters. The molecule has 2 amide bonds. The van der Waals surface area contributed by atoms with Crippen molar-refractivity contribution in [1.29, 1.82) is 0 Å². The maximum Gasteiger partial charge on any atom is 0.250 e. The Labute approximate surface area is 169 Å². The average Bonchev–Trinajstić information content (AvgIpc) is 3.12. The van der Waals surface area contributed by atoms with Crippen LogP contribution in [-0.4, -0.2) is 11.8 Å². The summed E-state index contributed by atoms with van der Waals surface area (Å²) in [5.41, 5.74) is 1.76. The summed E-state index contributed by atoms with van der Waals surface area (Å²) < 4.78 is 0. The minimum atomic E-state index is -0.674. The van der Waals surface area contributed by atoms with E-state index in [1.165, 1.54) is 0 Å². The maximum absolute atomic E-state index is 12.6. The van der Waals surface area contributed by atoms with Crippen LogP contribution in [0.1, 0.15) is 23.2 Å². The number of amides is 2. The van der Waals surface area contributed by atoms with E-state index in [1.54, 1.807) is 36.4 Å². The monoisotopic (exact) mass is 426 g/mol. The van der Waals surface area contributed by atoms with Crippen LogP contribution in [-0.2, 0) is 9.59 Å². The first kappa shape index (κ1) is 17.7. The van der Waals surface area contributed by atoms with Crippen LogP contribution in [0.5, 0.6) is 0 Å². The second kappa shape index (κ2) is 6.46. The zero-order valence-electron chi connectivity index (χ0n) is 12.9. The van der Waals surface area contributed by atoms with Crippen LogP contribution in [0, 0.1) is 0 Å². The van der Waals surface area contributed by atoms with Crippen molar-refractivity contribution >= 4 is 58.2 Å². The number of carbonyl (C=O) groups is 2. The molecule has 26 heavy (non-hydrogen) atoms. The standard InChI is InChI=1S/C18H10Cl4N2O2/c19-9-5-1-3-7(13(9)21)15-11-12(18(26)23-15)16(24-17(11)25)8-4-2-6-10(20)14(8)22/h1-6,15-16H,(H,23,26)(H,24,25). The lowest BCUT2D eigenvalue weighted by atomic mass is 9.95. The summed E-state index contributed by atoms with van der Waals surface area (Å²) in [6.07, 6.45) is 0. The quantitative estimate of drug-likeness (QED) is 0.733. The number of hydrogen-bond acceptors (Lipinski definition) is 2. The van der Waals surface area contributed by atoms with E-state index < -0.39 is 12.1 Å². The Morgan fingerprint density at radius 1 is 0.654 bits per heavy atom. The lowest BCUT2D eigenvalue weighted by molar-refractivity contribution is -0.118. The lowest BCUT2D eigenvalue weighted by Gasteiger charge is -2.19. The molecule has 0 saturated heterocycles. The number of nitrogens with one attached hydrogen (secondary N) is 2. The fraction of sp³-hybridized carbons (Fsp3) is 0.111. The highest BCUT2D eigenvalue weighted by Gasteiger charge is 2.47. The second-order valence-corrected chi connectivity index (χ2v) is 7.50. The van der Waals surface area contributed by atoms with Gasteiger partial charge in [0.2, 0.25) is 0 Å². The number of halogens is 4. The Hall–Kier alpha value is -1.72. The van der Waals surface area contributed by atoms with E-state index in [9.17, 15) is 9.59 Å². The van der Waals surface area contributed by atoms with E-state index >= 15 is 0 Å². The summed E-state index contributed by atoms with van der Waals surface area (Å²) in [6, 6.07) is 8.81. The zero-order chi connectivity index (χ0) is 18.6. The Balaban J connectivity index is 1.85. The number of hydrogen-bond donors (Lipinski definition) is 2. The van der Waals surface area contributed by atoms with Crippen molar-refractivity contribution in [3.8, 4) is 0 Å². The summed E-state index contributed by atoms with van der Waals surface area (Å²) in [4.78, 5) is 25.3. The molecule has 2 aromatic rings. The van der Waals surface area contributed by atoms with Crippen LogP contribution in [0.15, 0.2) is 47.5 Å². The molecule has 2 aliphatic rings. The van der Waals surface area contributed by atoms with Gasteiger partial charge in [-0.2, -0.15) is 0 Å². The van der Waals surface area contributed by atoms with Gasteiger partial charge in [-0.15, -0.1) is 0 Å². The summed E-state index contributed by atoms with van der Waals surface area (Å²) in [6.45, 7) is 0. The van der Waals surface area contributed by atoms with Gasteiger partial charge in [-0.3, -0.25) is 9.59 Å². The average molecular weight is 428 g/mol. The minimum Gasteiger partial charge on any atom is -0.341 e. The summed E-state index contributed by atoms with van der Waals surface area (Å²) in [5.74, 6) is -0.721. The van der Waals surface area contributed by atoms with Gasteiger partial charge in [-0.1, -0.05) is 70.7 Å². The van der Waals surface area contributed by atoms with Crippen molar-refractivity contribution in [2.24, 2.45) is 0 Å². The third-order valence-corrected chi connectivity index (χ3v) is 6.16.